The minimum absolute atomic E-state index is 0.0589. The molecule has 182 valence electrons. The van der Waals surface area contributed by atoms with Gasteiger partial charge in [0.2, 0.25) is 5.91 Å². The van der Waals surface area contributed by atoms with Crippen molar-refractivity contribution in [2.75, 3.05) is 19.7 Å². The van der Waals surface area contributed by atoms with E-state index in [1.165, 1.54) is 12.1 Å². The second-order valence-corrected chi connectivity index (χ2v) is 8.62. The maximum absolute atomic E-state index is 13.9. The standard InChI is InChI=1S/C27H33FN2O4/c1-2-3-6-19-34-22-11-9-20(10-12-22)25(31)13-14-26(32)29-21-15-17-30(18-16-21)27(33)23-7-4-5-8-24(23)28/h4-5,7-12,21H,2-3,6,13-19H2,1H3,(H,29,32). The number of likely N-dealkylation sites (tertiary alicyclic amines) is 1. The molecule has 2 amide bonds. The molecule has 0 saturated carbocycles. The molecule has 0 bridgehead atoms. The zero-order valence-electron chi connectivity index (χ0n) is 19.7. The Bertz CT molecular complexity index is 969. The highest BCUT2D eigenvalue weighted by atomic mass is 19.1. The Morgan fingerprint density at radius 3 is 2.38 bits per heavy atom. The van der Waals surface area contributed by atoms with Gasteiger partial charge in [0.05, 0.1) is 12.2 Å². The summed E-state index contributed by atoms with van der Waals surface area (Å²) in [6.07, 6.45) is 4.71. The zero-order chi connectivity index (χ0) is 24.3. The summed E-state index contributed by atoms with van der Waals surface area (Å²) < 4.78 is 19.5. The molecule has 0 atom stereocenters. The van der Waals surface area contributed by atoms with Gasteiger partial charge in [-0.25, -0.2) is 4.39 Å². The van der Waals surface area contributed by atoms with Crippen LogP contribution in [0.25, 0.3) is 0 Å². The molecule has 1 aliphatic heterocycles. The number of hydrogen-bond donors (Lipinski definition) is 1. The number of piperidine rings is 1. The molecular weight excluding hydrogens is 435 g/mol. The predicted octanol–water partition coefficient (Wildman–Crippen LogP) is 4.78. The van der Waals surface area contributed by atoms with E-state index >= 15 is 0 Å². The van der Waals surface area contributed by atoms with Crippen LogP contribution < -0.4 is 10.1 Å². The number of nitrogens with zero attached hydrogens (tertiary/aromatic N) is 1. The van der Waals surface area contributed by atoms with Gasteiger partial charge < -0.3 is 15.0 Å². The molecule has 1 aliphatic rings. The fourth-order valence-electron chi connectivity index (χ4n) is 3.98. The van der Waals surface area contributed by atoms with Crippen LogP contribution in [0.15, 0.2) is 48.5 Å². The molecule has 0 unspecified atom stereocenters. The van der Waals surface area contributed by atoms with Gasteiger partial charge in [0.1, 0.15) is 11.6 Å². The van der Waals surface area contributed by atoms with E-state index in [-0.39, 0.29) is 42.0 Å². The lowest BCUT2D eigenvalue weighted by molar-refractivity contribution is -0.122. The Labute approximate surface area is 200 Å². The van der Waals surface area contributed by atoms with Crippen LogP contribution in [0.5, 0.6) is 5.75 Å². The fraction of sp³-hybridized carbons (Fsp3) is 0.444. The van der Waals surface area contributed by atoms with E-state index in [0.29, 0.717) is 38.1 Å². The molecule has 0 radical (unpaired) electrons. The SMILES string of the molecule is CCCCCOc1ccc(C(=O)CCC(=O)NC2CCN(C(=O)c3ccccc3F)CC2)cc1. The Morgan fingerprint density at radius 1 is 1.00 bits per heavy atom. The number of ether oxygens (including phenoxy) is 1. The van der Waals surface area contributed by atoms with Gasteiger partial charge in [-0.15, -0.1) is 0 Å². The maximum Gasteiger partial charge on any atom is 0.256 e. The molecule has 6 nitrogen and oxygen atoms in total. The molecule has 0 aromatic heterocycles. The lowest BCUT2D eigenvalue weighted by atomic mass is 10.0. The Morgan fingerprint density at radius 2 is 1.71 bits per heavy atom. The number of amides is 2. The number of nitrogens with one attached hydrogen (secondary N) is 1. The Balaban J connectivity index is 1.37. The van der Waals surface area contributed by atoms with E-state index in [0.717, 1.165) is 25.0 Å². The summed E-state index contributed by atoms with van der Waals surface area (Å²) in [5.74, 6) is -0.376. The van der Waals surface area contributed by atoms with Gasteiger partial charge in [-0.2, -0.15) is 0 Å². The first-order valence-corrected chi connectivity index (χ1v) is 12.1. The quantitative estimate of drug-likeness (QED) is 0.380. The molecule has 1 saturated heterocycles. The smallest absolute Gasteiger partial charge is 0.256 e. The van der Waals surface area contributed by atoms with Gasteiger partial charge >= 0.3 is 0 Å². The number of halogens is 1. The average Bonchev–Trinajstić information content (AvgIpc) is 2.86. The van der Waals surface area contributed by atoms with Crippen molar-refractivity contribution in [1.29, 1.82) is 0 Å². The highest BCUT2D eigenvalue weighted by molar-refractivity contribution is 5.98. The third-order valence-corrected chi connectivity index (χ3v) is 6.02. The second kappa shape index (κ2) is 12.9. The molecule has 7 heteroatoms. The van der Waals surface area contributed by atoms with Crippen LogP contribution in [0.3, 0.4) is 0 Å². The van der Waals surface area contributed by atoms with Crippen LogP contribution in [0.4, 0.5) is 4.39 Å². The average molecular weight is 469 g/mol. The number of rotatable bonds is 11. The van der Waals surface area contributed by atoms with Crippen molar-refractivity contribution in [3.8, 4) is 5.75 Å². The highest BCUT2D eigenvalue weighted by Crippen LogP contribution is 2.17. The van der Waals surface area contributed by atoms with Crippen molar-refractivity contribution >= 4 is 17.6 Å². The number of unbranched alkanes of at least 4 members (excludes halogenated alkanes) is 2. The third kappa shape index (κ3) is 7.40. The molecule has 0 aliphatic carbocycles. The number of carbonyl (C=O) groups excluding carboxylic acids is 3. The van der Waals surface area contributed by atoms with E-state index in [9.17, 15) is 18.8 Å². The van der Waals surface area contributed by atoms with E-state index in [4.69, 9.17) is 4.74 Å². The van der Waals surface area contributed by atoms with Gasteiger partial charge in [-0.3, -0.25) is 14.4 Å². The van der Waals surface area contributed by atoms with Gasteiger partial charge in [0.15, 0.2) is 5.78 Å². The summed E-state index contributed by atoms with van der Waals surface area (Å²) in [7, 11) is 0. The Kier molecular flexibility index (Phi) is 9.62. The molecular formula is C27H33FN2O4. The monoisotopic (exact) mass is 468 g/mol. The largest absolute Gasteiger partial charge is 0.494 e. The van der Waals surface area contributed by atoms with Gasteiger partial charge in [-0.05, 0) is 55.7 Å². The lowest BCUT2D eigenvalue weighted by Crippen LogP contribution is -2.46. The molecule has 1 N–H and O–H groups in total. The summed E-state index contributed by atoms with van der Waals surface area (Å²) in [5, 5.41) is 2.96. The van der Waals surface area contributed by atoms with E-state index in [1.807, 2.05) is 0 Å². The molecule has 2 aromatic carbocycles. The summed E-state index contributed by atoms with van der Waals surface area (Å²) in [6, 6.07) is 12.9. The van der Waals surface area contributed by atoms with Crippen molar-refractivity contribution in [1.82, 2.24) is 10.2 Å². The van der Waals surface area contributed by atoms with Crippen molar-refractivity contribution < 1.29 is 23.5 Å². The Hall–Kier alpha value is -3.22. The topological polar surface area (TPSA) is 75.7 Å². The molecule has 3 rings (SSSR count). The number of ketones is 1. The maximum atomic E-state index is 13.9. The molecule has 34 heavy (non-hydrogen) atoms. The zero-order valence-corrected chi connectivity index (χ0v) is 19.7. The molecule has 1 heterocycles. The fourth-order valence-corrected chi connectivity index (χ4v) is 3.98. The van der Waals surface area contributed by atoms with Crippen molar-refractivity contribution in [3.05, 3.63) is 65.5 Å². The van der Waals surface area contributed by atoms with Crippen LogP contribution in [-0.4, -0.2) is 48.2 Å². The minimum Gasteiger partial charge on any atom is -0.494 e. The van der Waals surface area contributed by atoms with Crippen LogP contribution in [-0.2, 0) is 4.79 Å². The molecule has 1 fully saturated rings. The molecule has 2 aromatic rings. The van der Waals surface area contributed by atoms with Gasteiger partial charge in [0, 0.05) is 37.5 Å². The normalized spacial score (nSPS) is 14.0. The van der Waals surface area contributed by atoms with E-state index in [1.54, 1.807) is 41.3 Å². The summed E-state index contributed by atoms with van der Waals surface area (Å²) in [4.78, 5) is 38.9. The summed E-state index contributed by atoms with van der Waals surface area (Å²) in [5.41, 5.74) is 0.633. The van der Waals surface area contributed by atoms with E-state index < -0.39 is 5.82 Å². The van der Waals surface area contributed by atoms with Crippen molar-refractivity contribution in [3.63, 3.8) is 0 Å². The number of Topliss-reactive ketones (excluding diaryl/α,β-unsaturated/α-hetero) is 1. The van der Waals surface area contributed by atoms with Crippen LogP contribution in [0.1, 0.15) is 72.6 Å². The van der Waals surface area contributed by atoms with Crippen LogP contribution in [0.2, 0.25) is 0 Å². The number of carbonyl (C=O) groups is 3. The van der Waals surface area contributed by atoms with Gasteiger partial charge in [0.25, 0.3) is 5.91 Å². The minimum atomic E-state index is -0.526. The van der Waals surface area contributed by atoms with E-state index in [2.05, 4.69) is 12.2 Å². The predicted molar refractivity (Wildman–Crippen MR) is 128 cm³/mol. The lowest BCUT2D eigenvalue weighted by Gasteiger charge is -2.32. The second-order valence-electron chi connectivity index (χ2n) is 8.62. The van der Waals surface area contributed by atoms with Crippen molar-refractivity contribution in [2.24, 2.45) is 0 Å². The van der Waals surface area contributed by atoms with Crippen LogP contribution >= 0.6 is 0 Å². The van der Waals surface area contributed by atoms with Gasteiger partial charge in [-0.1, -0.05) is 31.9 Å². The van der Waals surface area contributed by atoms with Crippen molar-refractivity contribution in [2.45, 2.75) is 57.9 Å². The first-order chi connectivity index (χ1) is 16.5. The number of hydrogen-bond acceptors (Lipinski definition) is 4. The third-order valence-electron chi connectivity index (χ3n) is 6.02. The summed E-state index contributed by atoms with van der Waals surface area (Å²) >= 11 is 0. The first-order valence-electron chi connectivity index (χ1n) is 12.1. The summed E-state index contributed by atoms with van der Waals surface area (Å²) in [6.45, 7) is 3.70. The van der Waals surface area contributed by atoms with Crippen LogP contribution in [0, 0.1) is 5.82 Å². The first kappa shape index (κ1) is 25.4. The molecule has 0 spiro atoms. The number of benzene rings is 2. The highest BCUT2D eigenvalue weighted by Gasteiger charge is 2.26.